The lowest BCUT2D eigenvalue weighted by atomic mass is 9.68. The van der Waals surface area contributed by atoms with E-state index in [1.165, 1.54) is 83.1 Å². The molecule has 0 saturated heterocycles. The van der Waals surface area contributed by atoms with E-state index in [9.17, 15) is 0 Å². The van der Waals surface area contributed by atoms with Crippen LogP contribution in [0.3, 0.4) is 0 Å². The fraction of sp³-hybridized carbons (Fsp3) is 0.0164. The third-order valence-electron chi connectivity index (χ3n) is 13.1. The Morgan fingerprint density at radius 2 is 0.730 bits per heavy atom. The Balaban J connectivity index is 0.968. The highest BCUT2D eigenvalue weighted by atomic mass is 15.1. The van der Waals surface area contributed by atoms with E-state index >= 15 is 0 Å². The zero-order valence-corrected chi connectivity index (χ0v) is 34.6. The van der Waals surface area contributed by atoms with Gasteiger partial charge >= 0.3 is 0 Å². The van der Waals surface area contributed by atoms with E-state index in [-0.39, 0.29) is 0 Å². The van der Waals surface area contributed by atoms with Gasteiger partial charge in [0.1, 0.15) is 0 Å². The SMILES string of the molecule is c1ccc(-c2ccc(N(c3ccc(-c4ccc5c(c4)c4ccccc4n5-c4ccccc4)cc3)c3ccc(C4(c5ccccc5)c5ccccc5-c5ccccc54)cc3)cc2)cc1. The lowest BCUT2D eigenvalue weighted by molar-refractivity contribution is 0.768. The number of hydrogen-bond donors (Lipinski definition) is 0. The Hall–Kier alpha value is -8.20. The molecule has 1 aliphatic carbocycles. The van der Waals surface area contributed by atoms with Crippen molar-refractivity contribution in [1.29, 1.82) is 0 Å². The van der Waals surface area contributed by atoms with Crippen LogP contribution in [0.1, 0.15) is 22.3 Å². The van der Waals surface area contributed by atoms with Crippen LogP contribution in [0.15, 0.2) is 255 Å². The van der Waals surface area contributed by atoms with Crippen molar-refractivity contribution in [3.63, 3.8) is 0 Å². The second-order valence-electron chi connectivity index (χ2n) is 16.5. The van der Waals surface area contributed by atoms with Crippen LogP contribution in [0.2, 0.25) is 0 Å². The summed E-state index contributed by atoms with van der Waals surface area (Å²) in [6.07, 6.45) is 0. The zero-order chi connectivity index (χ0) is 41.7. The van der Waals surface area contributed by atoms with E-state index in [2.05, 4.69) is 264 Å². The molecule has 2 heteroatoms. The van der Waals surface area contributed by atoms with Crippen molar-refractivity contribution in [2.24, 2.45) is 0 Å². The summed E-state index contributed by atoms with van der Waals surface area (Å²) in [6, 6.07) is 93.1. The quantitative estimate of drug-likeness (QED) is 0.149. The molecule has 63 heavy (non-hydrogen) atoms. The molecule has 0 aliphatic heterocycles. The first kappa shape index (κ1) is 36.6. The number of rotatable bonds is 8. The van der Waals surface area contributed by atoms with Crippen molar-refractivity contribution < 1.29 is 0 Å². The van der Waals surface area contributed by atoms with Crippen molar-refractivity contribution in [2.45, 2.75) is 5.41 Å². The number of benzene rings is 10. The molecule has 10 aromatic carbocycles. The zero-order valence-electron chi connectivity index (χ0n) is 34.6. The van der Waals surface area contributed by atoms with Gasteiger partial charge in [-0.05, 0) is 122 Å². The molecule has 0 spiro atoms. The fourth-order valence-electron chi connectivity index (χ4n) is 10.3. The second kappa shape index (κ2) is 15.1. The molecule has 1 aliphatic rings. The van der Waals surface area contributed by atoms with Gasteiger partial charge in [0.25, 0.3) is 0 Å². The molecular weight excluding hydrogens is 761 g/mol. The van der Waals surface area contributed by atoms with Crippen LogP contribution in [0, 0.1) is 0 Å². The van der Waals surface area contributed by atoms with Crippen molar-refractivity contribution in [3.8, 4) is 39.1 Å². The van der Waals surface area contributed by atoms with Gasteiger partial charge in [0.15, 0.2) is 0 Å². The molecule has 296 valence electrons. The standard InChI is InChI=1S/C61H42N2/c1-4-16-43(17-5-1)44-28-35-50(36-29-44)62(51-37-30-45(31-38-51)46-32-41-60-56(42-46)55-24-12-15-27-59(55)63(60)49-20-8-3-9-21-49)52-39-33-48(34-40-52)61(47-18-6-2-7-19-47)57-25-13-10-22-53(57)54-23-11-14-26-58(54)61/h1-42H. The fourth-order valence-corrected chi connectivity index (χ4v) is 10.3. The van der Waals surface area contributed by atoms with Crippen LogP contribution < -0.4 is 4.90 Å². The third-order valence-corrected chi connectivity index (χ3v) is 13.1. The highest BCUT2D eigenvalue weighted by Gasteiger charge is 2.45. The Labute approximate surface area is 368 Å². The number of hydrogen-bond acceptors (Lipinski definition) is 1. The highest BCUT2D eigenvalue weighted by Crippen LogP contribution is 2.56. The van der Waals surface area contributed by atoms with E-state index in [1.54, 1.807) is 0 Å². The van der Waals surface area contributed by atoms with Crippen LogP contribution in [0.25, 0.3) is 60.9 Å². The normalized spacial score (nSPS) is 12.6. The largest absolute Gasteiger partial charge is 0.311 e. The lowest BCUT2D eigenvalue weighted by Gasteiger charge is -2.34. The van der Waals surface area contributed by atoms with Gasteiger partial charge in [0, 0.05) is 33.5 Å². The summed E-state index contributed by atoms with van der Waals surface area (Å²) >= 11 is 0. The van der Waals surface area contributed by atoms with Crippen molar-refractivity contribution in [1.82, 2.24) is 4.57 Å². The summed E-state index contributed by atoms with van der Waals surface area (Å²) in [4.78, 5) is 2.38. The number of fused-ring (bicyclic) bond motifs is 6. The van der Waals surface area contributed by atoms with Crippen LogP contribution in [0.5, 0.6) is 0 Å². The first-order valence-electron chi connectivity index (χ1n) is 21.8. The molecular formula is C61H42N2. The highest BCUT2D eigenvalue weighted by molar-refractivity contribution is 6.10. The summed E-state index contributed by atoms with van der Waals surface area (Å²) in [6.45, 7) is 0. The van der Waals surface area contributed by atoms with E-state index in [1.807, 2.05) is 0 Å². The van der Waals surface area contributed by atoms with Gasteiger partial charge in [-0.25, -0.2) is 0 Å². The molecule has 0 N–H and O–H groups in total. The molecule has 0 saturated carbocycles. The van der Waals surface area contributed by atoms with E-state index in [4.69, 9.17) is 0 Å². The maximum Gasteiger partial charge on any atom is 0.0713 e. The average Bonchev–Trinajstić information content (AvgIpc) is 3.86. The lowest BCUT2D eigenvalue weighted by Crippen LogP contribution is -2.28. The minimum Gasteiger partial charge on any atom is -0.311 e. The topological polar surface area (TPSA) is 8.17 Å². The molecule has 0 unspecified atom stereocenters. The van der Waals surface area contributed by atoms with Crippen molar-refractivity contribution in [2.75, 3.05) is 4.90 Å². The molecule has 1 heterocycles. The molecule has 0 amide bonds. The van der Waals surface area contributed by atoms with E-state index in [0.29, 0.717) is 0 Å². The predicted molar refractivity (Wildman–Crippen MR) is 264 cm³/mol. The van der Waals surface area contributed by atoms with Crippen molar-refractivity contribution in [3.05, 3.63) is 277 Å². The first-order valence-corrected chi connectivity index (χ1v) is 21.8. The Bertz CT molecular complexity index is 3360. The summed E-state index contributed by atoms with van der Waals surface area (Å²) in [7, 11) is 0. The Morgan fingerprint density at radius 3 is 1.35 bits per heavy atom. The molecule has 12 rings (SSSR count). The Kier molecular flexibility index (Phi) is 8.76. The molecule has 1 aromatic heterocycles. The second-order valence-corrected chi connectivity index (χ2v) is 16.5. The third kappa shape index (κ3) is 5.95. The smallest absolute Gasteiger partial charge is 0.0713 e. The monoisotopic (exact) mass is 802 g/mol. The molecule has 0 fully saturated rings. The van der Waals surface area contributed by atoms with Crippen LogP contribution >= 0.6 is 0 Å². The van der Waals surface area contributed by atoms with Gasteiger partial charge in [-0.3, -0.25) is 0 Å². The number of nitrogens with zero attached hydrogens (tertiary/aromatic N) is 2. The summed E-state index contributed by atoms with van der Waals surface area (Å²) < 4.78 is 2.37. The average molecular weight is 803 g/mol. The van der Waals surface area contributed by atoms with Crippen LogP contribution in [-0.4, -0.2) is 4.57 Å². The molecule has 0 atom stereocenters. The van der Waals surface area contributed by atoms with Gasteiger partial charge in [-0.1, -0.05) is 188 Å². The van der Waals surface area contributed by atoms with Crippen molar-refractivity contribution >= 4 is 38.9 Å². The van der Waals surface area contributed by atoms with Gasteiger partial charge < -0.3 is 9.47 Å². The van der Waals surface area contributed by atoms with Crippen LogP contribution in [-0.2, 0) is 5.41 Å². The van der Waals surface area contributed by atoms with Gasteiger partial charge in [-0.2, -0.15) is 0 Å². The number of para-hydroxylation sites is 2. The maximum absolute atomic E-state index is 2.38. The van der Waals surface area contributed by atoms with Crippen LogP contribution in [0.4, 0.5) is 17.1 Å². The predicted octanol–water partition coefficient (Wildman–Crippen LogP) is 16.0. The first-order chi connectivity index (χ1) is 31.3. The van der Waals surface area contributed by atoms with Gasteiger partial charge in [0.05, 0.1) is 16.4 Å². The summed E-state index contributed by atoms with van der Waals surface area (Å²) in [5.41, 5.74) is 18.9. The van der Waals surface area contributed by atoms with Gasteiger partial charge in [-0.15, -0.1) is 0 Å². The summed E-state index contributed by atoms with van der Waals surface area (Å²) in [5, 5.41) is 2.50. The van der Waals surface area contributed by atoms with E-state index < -0.39 is 5.41 Å². The summed E-state index contributed by atoms with van der Waals surface area (Å²) in [5.74, 6) is 0. The molecule has 0 radical (unpaired) electrons. The number of aromatic nitrogens is 1. The molecule has 0 bridgehead atoms. The minimum atomic E-state index is -0.453. The Morgan fingerprint density at radius 1 is 0.302 bits per heavy atom. The minimum absolute atomic E-state index is 0.453. The molecule has 2 nitrogen and oxygen atoms in total. The number of anilines is 3. The van der Waals surface area contributed by atoms with Gasteiger partial charge in [0.2, 0.25) is 0 Å². The maximum atomic E-state index is 2.38. The molecule has 11 aromatic rings. The van der Waals surface area contributed by atoms with E-state index in [0.717, 1.165) is 17.1 Å².